The highest BCUT2D eigenvalue weighted by Crippen LogP contribution is 2.15. The molecule has 6 heteroatoms. The van der Waals surface area contributed by atoms with Crippen molar-refractivity contribution >= 4 is 23.5 Å². The molecule has 0 aliphatic heterocycles. The monoisotopic (exact) mass is 287 g/mol. The van der Waals surface area contributed by atoms with Gasteiger partial charge in [-0.1, -0.05) is 11.6 Å². The molecule has 1 unspecified atom stereocenters. The van der Waals surface area contributed by atoms with Gasteiger partial charge < -0.3 is 10.4 Å². The third-order valence-electron chi connectivity index (χ3n) is 2.58. The van der Waals surface area contributed by atoms with Crippen LogP contribution in [-0.4, -0.2) is 23.0 Å². The van der Waals surface area contributed by atoms with E-state index >= 15 is 0 Å². The predicted molar refractivity (Wildman–Crippen MR) is 69.8 cm³/mol. The Labute approximate surface area is 115 Å². The molecule has 19 heavy (non-hydrogen) atoms. The van der Waals surface area contributed by atoms with Crippen LogP contribution in [0.5, 0.6) is 0 Å². The molecule has 1 aromatic rings. The third-order valence-corrected chi connectivity index (χ3v) is 2.81. The lowest BCUT2D eigenvalue weighted by molar-refractivity contribution is -0.137. The Morgan fingerprint density at radius 1 is 1.47 bits per heavy atom. The van der Waals surface area contributed by atoms with Gasteiger partial charge in [-0.2, -0.15) is 0 Å². The van der Waals surface area contributed by atoms with E-state index < -0.39 is 17.7 Å². The van der Waals surface area contributed by atoms with Crippen molar-refractivity contribution in [3.05, 3.63) is 34.6 Å². The van der Waals surface area contributed by atoms with E-state index in [0.29, 0.717) is 12.8 Å². The van der Waals surface area contributed by atoms with E-state index in [4.69, 9.17) is 16.7 Å². The van der Waals surface area contributed by atoms with E-state index in [2.05, 4.69) is 5.32 Å². The summed E-state index contributed by atoms with van der Waals surface area (Å²) in [5.41, 5.74) is -0.113. The van der Waals surface area contributed by atoms with Crippen LogP contribution in [0.2, 0.25) is 5.02 Å². The lowest BCUT2D eigenvalue weighted by Crippen LogP contribution is -2.33. The van der Waals surface area contributed by atoms with Gasteiger partial charge >= 0.3 is 5.97 Å². The molecular weight excluding hydrogens is 273 g/mol. The molecule has 104 valence electrons. The first-order chi connectivity index (χ1) is 8.90. The standard InChI is InChI=1S/C13H15ClFNO3/c1-8(3-2-4-12(17)18)16-13(19)10-7-9(14)5-6-11(10)15/h5-8H,2-4H2,1H3,(H,16,19)(H,17,18). The Kier molecular flexibility index (Phi) is 5.76. The number of carboxylic acid groups (broad SMARTS) is 1. The van der Waals surface area contributed by atoms with Gasteiger partial charge in [0, 0.05) is 17.5 Å². The molecule has 0 fully saturated rings. The van der Waals surface area contributed by atoms with Gasteiger partial charge in [0.1, 0.15) is 5.82 Å². The second-order valence-electron chi connectivity index (χ2n) is 4.28. The van der Waals surface area contributed by atoms with Crippen LogP contribution >= 0.6 is 11.6 Å². The molecule has 2 N–H and O–H groups in total. The first-order valence-electron chi connectivity index (χ1n) is 5.88. The zero-order chi connectivity index (χ0) is 14.4. The smallest absolute Gasteiger partial charge is 0.303 e. The number of rotatable bonds is 6. The van der Waals surface area contributed by atoms with Crippen LogP contribution < -0.4 is 5.32 Å². The molecule has 1 aromatic carbocycles. The molecule has 0 spiro atoms. The maximum Gasteiger partial charge on any atom is 0.303 e. The number of hydrogen-bond acceptors (Lipinski definition) is 2. The SMILES string of the molecule is CC(CCCC(=O)O)NC(=O)c1cc(Cl)ccc1F. The zero-order valence-corrected chi connectivity index (χ0v) is 11.2. The van der Waals surface area contributed by atoms with Gasteiger partial charge in [-0.25, -0.2) is 4.39 Å². The number of nitrogens with one attached hydrogen (secondary N) is 1. The molecule has 0 saturated carbocycles. The van der Waals surface area contributed by atoms with E-state index in [0.717, 1.165) is 6.07 Å². The fourth-order valence-corrected chi connectivity index (χ4v) is 1.78. The van der Waals surface area contributed by atoms with E-state index in [1.807, 2.05) is 0 Å². The van der Waals surface area contributed by atoms with Crippen molar-refractivity contribution in [3.8, 4) is 0 Å². The van der Waals surface area contributed by atoms with Crippen LogP contribution in [0.4, 0.5) is 4.39 Å². The molecule has 0 aliphatic rings. The summed E-state index contributed by atoms with van der Waals surface area (Å²) in [6.07, 6.45) is 1.01. The number of carbonyl (C=O) groups excluding carboxylic acids is 1. The van der Waals surface area contributed by atoms with Crippen molar-refractivity contribution in [1.29, 1.82) is 0 Å². The van der Waals surface area contributed by atoms with Crippen LogP contribution in [0.15, 0.2) is 18.2 Å². The molecule has 0 aliphatic carbocycles. The molecule has 1 amide bonds. The van der Waals surface area contributed by atoms with E-state index in [-0.39, 0.29) is 23.0 Å². The molecule has 0 radical (unpaired) electrons. The molecule has 4 nitrogen and oxygen atoms in total. The minimum absolute atomic E-state index is 0.0474. The summed E-state index contributed by atoms with van der Waals surface area (Å²) in [6, 6.07) is 3.53. The van der Waals surface area contributed by atoms with Crippen molar-refractivity contribution in [2.45, 2.75) is 32.2 Å². The molecule has 0 bridgehead atoms. The van der Waals surface area contributed by atoms with Crippen LogP contribution in [0.3, 0.4) is 0 Å². The second kappa shape index (κ2) is 7.09. The highest BCUT2D eigenvalue weighted by atomic mass is 35.5. The minimum atomic E-state index is -0.876. The van der Waals surface area contributed by atoms with Crippen LogP contribution in [-0.2, 0) is 4.79 Å². The summed E-state index contributed by atoms with van der Waals surface area (Å²) < 4.78 is 13.4. The summed E-state index contributed by atoms with van der Waals surface area (Å²) in [6.45, 7) is 1.74. The Morgan fingerprint density at radius 3 is 2.79 bits per heavy atom. The van der Waals surface area contributed by atoms with Crippen LogP contribution in [0.25, 0.3) is 0 Å². The normalized spacial score (nSPS) is 11.9. The van der Waals surface area contributed by atoms with Gasteiger partial charge in [-0.3, -0.25) is 9.59 Å². The molecule has 0 heterocycles. The van der Waals surface area contributed by atoms with Crippen molar-refractivity contribution < 1.29 is 19.1 Å². The van der Waals surface area contributed by atoms with Gasteiger partial charge in [0.25, 0.3) is 5.91 Å². The Morgan fingerprint density at radius 2 is 2.16 bits per heavy atom. The number of aliphatic carboxylic acids is 1. The topological polar surface area (TPSA) is 66.4 Å². The average Bonchev–Trinajstić information content (AvgIpc) is 2.31. The number of halogens is 2. The molecule has 1 atom stereocenters. The largest absolute Gasteiger partial charge is 0.481 e. The highest BCUT2D eigenvalue weighted by Gasteiger charge is 2.14. The first kappa shape index (κ1) is 15.4. The molecule has 1 rings (SSSR count). The maximum atomic E-state index is 13.4. The van der Waals surface area contributed by atoms with Gasteiger partial charge in [0.2, 0.25) is 0 Å². The minimum Gasteiger partial charge on any atom is -0.481 e. The van der Waals surface area contributed by atoms with E-state index in [1.54, 1.807) is 6.92 Å². The van der Waals surface area contributed by atoms with E-state index in [1.165, 1.54) is 12.1 Å². The lowest BCUT2D eigenvalue weighted by atomic mass is 10.1. The summed E-state index contributed by atoms with van der Waals surface area (Å²) in [5, 5.41) is 11.4. The molecular formula is C13H15ClFNO3. The van der Waals surface area contributed by atoms with Crippen molar-refractivity contribution in [1.82, 2.24) is 5.32 Å². The quantitative estimate of drug-likeness (QED) is 0.845. The predicted octanol–water partition coefficient (Wildman–Crippen LogP) is 2.85. The highest BCUT2D eigenvalue weighted by molar-refractivity contribution is 6.31. The van der Waals surface area contributed by atoms with Gasteiger partial charge in [-0.15, -0.1) is 0 Å². The summed E-state index contributed by atoms with van der Waals surface area (Å²) in [7, 11) is 0. The molecule has 0 aromatic heterocycles. The number of benzene rings is 1. The van der Waals surface area contributed by atoms with Gasteiger partial charge in [-0.05, 0) is 38.0 Å². The summed E-state index contributed by atoms with van der Waals surface area (Å²) in [4.78, 5) is 22.2. The van der Waals surface area contributed by atoms with Crippen LogP contribution in [0, 0.1) is 5.82 Å². The van der Waals surface area contributed by atoms with Gasteiger partial charge in [0.05, 0.1) is 5.56 Å². The summed E-state index contributed by atoms with van der Waals surface area (Å²) in [5.74, 6) is -2.07. The van der Waals surface area contributed by atoms with Crippen molar-refractivity contribution in [3.63, 3.8) is 0 Å². The first-order valence-corrected chi connectivity index (χ1v) is 6.25. The maximum absolute atomic E-state index is 13.4. The lowest BCUT2D eigenvalue weighted by Gasteiger charge is -2.13. The Balaban J connectivity index is 2.54. The van der Waals surface area contributed by atoms with Crippen LogP contribution in [0.1, 0.15) is 36.5 Å². The summed E-state index contributed by atoms with van der Waals surface area (Å²) >= 11 is 5.70. The Bertz CT molecular complexity index is 479. The third kappa shape index (κ3) is 5.26. The Hall–Kier alpha value is -1.62. The zero-order valence-electron chi connectivity index (χ0n) is 10.5. The fraction of sp³-hybridized carbons (Fsp3) is 0.385. The fourth-order valence-electron chi connectivity index (χ4n) is 1.60. The van der Waals surface area contributed by atoms with Crippen molar-refractivity contribution in [2.24, 2.45) is 0 Å². The van der Waals surface area contributed by atoms with Crippen molar-refractivity contribution in [2.75, 3.05) is 0 Å². The average molecular weight is 288 g/mol. The number of hydrogen-bond donors (Lipinski definition) is 2. The number of amides is 1. The van der Waals surface area contributed by atoms with E-state index in [9.17, 15) is 14.0 Å². The molecule has 0 saturated heterocycles. The number of carbonyl (C=O) groups is 2. The number of carboxylic acids is 1. The van der Waals surface area contributed by atoms with Gasteiger partial charge in [0.15, 0.2) is 0 Å². The second-order valence-corrected chi connectivity index (χ2v) is 4.72.